The number of rotatable bonds is 4. The highest BCUT2D eigenvalue weighted by molar-refractivity contribution is 6.30. The first-order chi connectivity index (χ1) is 12.3. The molecule has 0 radical (unpaired) electrons. The van der Waals surface area contributed by atoms with Crippen molar-refractivity contribution in [2.45, 2.75) is 6.04 Å². The summed E-state index contributed by atoms with van der Waals surface area (Å²) in [5.41, 5.74) is 3.66. The second-order valence-corrected chi connectivity index (χ2v) is 6.57. The van der Waals surface area contributed by atoms with Crippen LogP contribution in [0.3, 0.4) is 0 Å². The minimum atomic E-state index is 0.152. The molecular weight excluding hydrogens is 328 g/mol. The van der Waals surface area contributed by atoms with Gasteiger partial charge in [0, 0.05) is 17.1 Å². The maximum Gasteiger partial charge on any atom is 0.131 e. The zero-order chi connectivity index (χ0) is 17.1. The molecule has 25 heavy (non-hydrogen) atoms. The molecule has 0 spiro atoms. The third-order valence-electron chi connectivity index (χ3n) is 4.52. The van der Waals surface area contributed by atoms with Crippen molar-refractivity contribution in [2.75, 3.05) is 13.1 Å². The van der Waals surface area contributed by atoms with Crippen LogP contribution < -0.4 is 0 Å². The summed E-state index contributed by atoms with van der Waals surface area (Å²) in [6.07, 6.45) is 0. The molecule has 1 aliphatic rings. The molecule has 0 saturated carbocycles. The van der Waals surface area contributed by atoms with Gasteiger partial charge in [-0.1, -0.05) is 72.3 Å². The van der Waals surface area contributed by atoms with Crippen LogP contribution in [0.1, 0.15) is 22.7 Å². The Hall–Kier alpha value is -2.58. The van der Waals surface area contributed by atoms with Gasteiger partial charge in [-0.15, -0.1) is 0 Å². The van der Waals surface area contributed by atoms with Gasteiger partial charge in [0.15, 0.2) is 0 Å². The summed E-state index contributed by atoms with van der Waals surface area (Å²) < 4.78 is 0. The highest BCUT2D eigenvalue weighted by Crippen LogP contribution is 2.32. The standard InChI is InChI=1S/C22H19ClN2/c23-20-13-11-19(12-14-20)22-24-15-16-25(22)21(17-7-3-1-4-8-17)18-9-5-2-6-10-18/h1-14,21H,15-16H2. The molecule has 3 aromatic carbocycles. The SMILES string of the molecule is Clc1ccc(C2=NCCN2C(c2ccccc2)c2ccccc2)cc1. The maximum atomic E-state index is 6.06. The quantitative estimate of drug-likeness (QED) is 0.634. The first-order valence-electron chi connectivity index (χ1n) is 8.50. The van der Waals surface area contributed by atoms with Crippen LogP contribution in [0.15, 0.2) is 89.9 Å². The Morgan fingerprint density at radius 3 is 1.88 bits per heavy atom. The molecule has 3 aromatic rings. The number of hydrogen-bond donors (Lipinski definition) is 0. The van der Waals surface area contributed by atoms with Gasteiger partial charge in [0.1, 0.15) is 5.84 Å². The van der Waals surface area contributed by atoms with Crippen LogP contribution in [0.5, 0.6) is 0 Å². The minimum absolute atomic E-state index is 0.152. The minimum Gasteiger partial charge on any atom is -0.343 e. The van der Waals surface area contributed by atoms with Crippen molar-refractivity contribution < 1.29 is 0 Å². The van der Waals surface area contributed by atoms with Crippen LogP contribution in [0.2, 0.25) is 5.02 Å². The molecule has 2 nitrogen and oxygen atoms in total. The lowest BCUT2D eigenvalue weighted by Crippen LogP contribution is -2.33. The number of nitrogens with zero attached hydrogens (tertiary/aromatic N) is 2. The van der Waals surface area contributed by atoms with Gasteiger partial charge in [-0.3, -0.25) is 4.99 Å². The van der Waals surface area contributed by atoms with E-state index in [2.05, 4.69) is 65.6 Å². The zero-order valence-electron chi connectivity index (χ0n) is 13.8. The molecule has 0 aliphatic carbocycles. The number of halogens is 1. The van der Waals surface area contributed by atoms with E-state index in [1.165, 1.54) is 11.1 Å². The maximum absolute atomic E-state index is 6.06. The van der Waals surface area contributed by atoms with Crippen molar-refractivity contribution in [3.8, 4) is 0 Å². The fraction of sp³-hybridized carbons (Fsp3) is 0.136. The molecule has 0 N–H and O–H groups in total. The second kappa shape index (κ2) is 7.12. The van der Waals surface area contributed by atoms with E-state index in [1.54, 1.807) is 0 Å². The molecule has 0 fully saturated rings. The van der Waals surface area contributed by atoms with Crippen LogP contribution in [0.25, 0.3) is 0 Å². The van der Waals surface area contributed by atoms with Gasteiger partial charge in [0.2, 0.25) is 0 Å². The van der Waals surface area contributed by atoms with Crippen molar-refractivity contribution in [3.63, 3.8) is 0 Å². The summed E-state index contributed by atoms with van der Waals surface area (Å²) in [5, 5.41) is 0.747. The summed E-state index contributed by atoms with van der Waals surface area (Å²) in [5.74, 6) is 1.04. The van der Waals surface area contributed by atoms with Gasteiger partial charge in [-0.25, -0.2) is 0 Å². The predicted molar refractivity (Wildman–Crippen MR) is 104 cm³/mol. The van der Waals surface area contributed by atoms with Gasteiger partial charge in [-0.2, -0.15) is 0 Å². The summed E-state index contributed by atoms with van der Waals surface area (Å²) in [7, 11) is 0. The Labute approximate surface area is 153 Å². The van der Waals surface area contributed by atoms with Crippen molar-refractivity contribution >= 4 is 17.4 Å². The van der Waals surface area contributed by atoms with E-state index < -0.39 is 0 Å². The van der Waals surface area contributed by atoms with Crippen molar-refractivity contribution in [3.05, 3.63) is 107 Å². The van der Waals surface area contributed by atoms with Crippen molar-refractivity contribution in [1.82, 2.24) is 4.90 Å². The first-order valence-corrected chi connectivity index (χ1v) is 8.87. The van der Waals surface area contributed by atoms with Gasteiger partial charge in [0.05, 0.1) is 12.6 Å². The number of amidine groups is 1. The van der Waals surface area contributed by atoms with Crippen LogP contribution in [-0.4, -0.2) is 23.8 Å². The molecule has 1 heterocycles. The average molecular weight is 347 g/mol. The summed E-state index contributed by atoms with van der Waals surface area (Å²) in [6, 6.07) is 29.4. The summed E-state index contributed by atoms with van der Waals surface area (Å²) in [4.78, 5) is 7.19. The van der Waals surface area contributed by atoms with E-state index in [9.17, 15) is 0 Å². The van der Waals surface area contributed by atoms with E-state index in [0.29, 0.717) is 0 Å². The lowest BCUT2D eigenvalue weighted by molar-refractivity contribution is 0.389. The highest BCUT2D eigenvalue weighted by atomic mass is 35.5. The van der Waals surface area contributed by atoms with E-state index in [1.807, 2.05) is 24.3 Å². The molecule has 0 atom stereocenters. The molecule has 0 unspecified atom stereocenters. The summed E-state index contributed by atoms with van der Waals surface area (Å²) >= 11 is 6.06. The van der Waals surface area contributed by atoms with Crippen molar-refractivity contribution in [2.24, 2.45) is 4.99 Å². The van der Waals surface area contributed by atoms with E-state index in [4.69, 9.17) is 16.6 Å². The Morgan fingerprint density at radius 2 is 1.32 bits per heavy atom. The molecule has 0 aromatic heterocycles. The first kappa shape index (κ1) is 15.9. The molecule has 0 saturated heterocycles. The predicted octanol–water partition coefficient (Wildman–Crippen LogP) is 5.19. The Bertz CT molecular complexity index is 818. The number of aliphatic imine (C=N–C) groups is 1. The normalized spacial score (nSPS) is 14.0. The Balaban J connectivity index is 1.77. The van der Waals surface area contributed by atoms with Crippen LogP contribution >= 0.6 is 11.6 Å². The topological polar surface area (TPSA) is 15.6 Å². The molecule has 4 rings (SSSR count). The van der Waals surface area contributed by atoms with Crippen LogP contribution in [0.4, 0.5) is 0 Å². The molecule has 0 amide bonds. The monoisotopic (exact) mass is 346 g/mol. The van der Waals surface area contributed by atoms with E-state index in [0.717, 1.165) is 29.5 Å². The van der Waals surface area contributed by atoms with E-state index >= 15 is 0 Å². The fourth-order valence-electron chi connectivity index (χ4n) is 3.39. The lowest BCUT2D eigenvalue weighted by atomic mass is 9.96. The number of benzene rings is 3. The van der Waals surface area contributed by atoms with Gasteiger partial charge < -0.3 is 4.90 Å². The van der Waals surface area contributed by atoms with Crippen molar-refractivity contribution in [1.29, 1.82) is 0 Å². The molecule has 3 heteroatoms. The van der Waals surface area contributed by atoms with Gasteiger partial charge >= 0.3 is 0 Å². The summed E-state index contributed by atoms with van der Waals surface area (Å²) in [6.45, 7) is 1.72. The fourth-order valence-corrected chi connectivity index (χ4v) is 3.52. The third-order valence-corrected chi connectivity index (χ3v) is 4.77. The third kappa shape index (κ3) is 3.31. The lowest BCUT2D eigenvalue weighted by Gasteiger charge is -2.31. The Kier molecular flexibility index (Phi) is 4.53. The molecule has 0 bridgehead atoms. The smallest absolute Gasteiger partial charge is 0.131 e. The van der Waals surface area contributed by atoms with E-state index in [-0.39, 0.29) is 6.04 Å². The molecular formula is C22H19ClN2. The second-order valence-electron chi connectivity index (χ2n) is 6.13. The largest absolute Gasteiger partial charge is 0.343 e. The van der Waals surface area contributed by atoms with Crippen LogP contribution in [-0.2, 0) is 0 Å². The average Bonchev–Trinajstić information content (AvgIpc) is 3.14. The number of hydrogen-bond acceptors (Lipinski definition) is 2. The van der Waals surface area contributed by atoms with Gasteiger partial charge in [0.25, 0.3) is 0 Å². The van der Waals surface area contributed by atoms with Gasteiger partial charge in [-0.05, 0) is 35.4 Å². The molecule has 124 valence electrons. The molecule has 1 aliphatic heterocycles. The zero-order valence-corrected chi connectivity index (χ0v) is 14.6. The highest BCUT2D eigenvalue weighted by Gasteiger charge is 2.28. The van der Waals surface area contributed by atoms with Crippen LogP contribution in [0, 0.1) is 0 Å². The Morgan fingerprint density at radius 1 is 0.760 bits per heavy atom.